The normalized spacial score (nSPS) is 11.3. The molecule has 0 radical (unpaired) electrons. The summed E-state index contributed by atoms with van der Waals surface area (Å²) in [5.74, 6) is -0.289. The standard InChI is InChI=1S/C19H15F3N4O/c1-11-15(12-5-7-13(8-6-12)19(20,21)22)3-2-4-16(11)17(27)26-14-9-24-18(23)25-10-14/h2-10H,1H3,(H,26,27)(H2,23,24,25). The number of carbonyl (C=O) groups excluding carboxylic acids is 1. The van der Waals surface area contributed by atoms with Crippen molar-refractivity contribution >= 4 is 17.5 Å². The summed E-state index contributed by atoms with van der Waals surface area (Å²) in [6.45, 7) is 1.74. The number of carbonyl (C=O) groups is 1. The van der Waals surface area contributed by atoms with E-state index in [1.165, 1.54) is 24.5 Å². The van der Waals surface area contributed by atoms with E-state index in [2.05, 4.69) is 15.3 Å². The third-order valence-corrected chi connectivity index (χ3v) is 4.03. The summed E-state index contributed by atoms with van der Waals surface area (Å²) in [5, 5.41) is 2.67. The highest BCUT2D eigenvalue weighted by Gasteiger charge is 2.30. The first-order valence-electron chi connectivity index (χ1n) is 7.92. The number of aromatic nitrogens is 2. The molecule has 0 fully saturated rings. The molecular weight excluding hydrogens is 357 g/mol. The van der Waals surface area contributed by atoms with Gasteiger partial charge in [-0.1, -0.05) is 24.3 Å². The van der Waals surface area contributed by atoms with Gasteiger partial charge in [0, 0.05) is 5.56 Å². The minimum Gasteiger partial charge on any atom is -0.368 e. The van der Waals surface area contributed by atoms with Gasteiger partial charge >= 0.3 is 6.18 Å². The molecule has 0 saturated carbocycles. The van der Waals surface area contributed by atoms with Crippen LogP contribution < -0.4 is 11.1 Å². The van der Waals surface area contributed by atoms with Gasteiger partial charge in [0.1, 0.15) is 0 Å². The topological polar surface area (TPSA) is 80.9 Å². The predicted octanol–water partition coefficient (Wildman–Crippen LogP) is 4.31. The molecule has 27 heavy (non-hydrogen) atoms. The number of amides is 1. The first kappa shape index (κ1) is 18.4. The van der Waals surface area contributed by atoms with Crippen molar-refractivity contribution in [3.05, 3.63) is 71.5 Å². The van der Waals surface area contributed by atoms with Gasteiger partial charge in [-0.25, -0.2) is 9.97 Å². The molecule has 1 heterocycles. The lowest BCUT2D eigenvalue weighted by Gasteiger charge is -2.13. The van der Waals surface area contributed by atoms with Gasteiger partial charge in [-0.15, -0.1) is 0 Å². The maximum atomic E-state index is 12.7. The molecule has 0 bridgehead atoms. The molecule has 3 N–H and O–H groups in total. The Kier molecular flexibility index (Phi) is 4.81. The van der Waals surface area contributed by atoms with Gasteiger partial charge in [-0.2, -0.15) is 13.2 Å². The van der Waals surface area contributed by atoms with Gasteiger partial charge in [-0.3, -0.25) is 4.79 Å². The van der Waals surface area contributed by atoms with Gasteiger partial charge in [0.15, 0.2) is 0 Å². The number of benzene rings is 2. The number of nitrogens with two attached hydrogens (primary N) is 1. The minimum absolute atomic E-state index is 0.0912. The van der Waals surface area contributed by atoms with Crippen molar-refractivity contribution in [2.75, 3.05) is 11.1 Å². The molecule has 1 amide bonds. The van der Waals surface area contributed by atoms with Crippen LogP contribution in [0.15, 0.2) is 54.9 Å². The highest BCUT2D eigenvalue weighted by Crippen LogP contribution is 2.32. The predicted molar refractivity (Wildman–Crippen MR) is 96.0 cm³/mol. The Labute approximate surface area is 153 Å². The summed E-state index contributed by atoms with van der Waals surface area (Å²) < 4.78 is 38.2. The number of hydrogen-bond donors (Lipinski definition) is 2. The molecule has 0 atom stereocenters. The summed E-state index contributed by atoms with van der Waals surface area (Å²) in [6, 6.07) is 9.88. The number of anilines is 2. The van der Waals surface area contributed by atoms with E-state index in [1.807, 2.05) is 0 Å². The summed E-state index contributed by atoms with van der Waals surface area (Å²) in [6.07, 6.45) is -1.62. The quantitative estimate of drug-likeness (QED) is 0.718. The van der Waals surface area contributed by atoms with Gasteiger partial charge < -0.3 is 11.1 Å². The molecule has 1 aromatic heterocycles. The molecule has 0 spiro atoms. The van der Waals surface area contributed by atoms with E-state index in [0.717, 1.165) is 12.1 Å². The van der Waals surface area contributed by atoms with Crippen LogP contribution in [-0.4, -0.2) is 15.9 Å². The zero-order chi connectivity index (χ0) is 19.6. The Morgan fingerprint density at radius 3 is 2.26 bits per heavy atom. The van der Waals surface area contributed by atoms with Crippen molar-refractivity contribution < 1.29 is 18.0 Å². The van der Waals surface area contributed by atoms with Crippen LogP contribution in [0.5, 0.6) is 0 Å². The smallest absolute Gasteiger partial charge is 0.368 e. The molecule has 3 aromatic rings. The second-order valence-corrected chi connectivity index (χ2v) is 5.84. The molecular formula is C19H15F3N4O. The monoisotopic (exact) mass is 372 g/mol. The van der Waals surface area contributed by atoms with Gasteiger partial charge in [0.05, 0.1) is 23.6 Å². The zero-order valence-electron chi connectivity index (χ0n) is 14.2. The summed E-state index contributed by atoms with van der Waals surface area (Å²) in [5.41, 5.74) is 7.37. The largest absolute Gasteiger partial charge is 0.416 e. The Bertz CT molecular complexity index is 968. The lowest BCUT2D eigenvalue weighted by atomic mass is 9.95. The van der Waals surface area contributed by atoms with E-state index in [0.29, 0.717) is 27.9 Å². The highest BCUT2D eigenvalue weighted by molar-refractivity contribution is 6.06. The summed E-state index contributed by atoms with van der Waals surface area (Å²) >= 11 is 0. The first-order chi connectivity index (χ1) is 12.8. The highest BCUT2D eigenvalue weighted by atomic mass is 19.4. The Morgan fingerprint density at radius 1 is 1.04 bits per heavy atom. The number of nitrogen functional groups attached to an aromatic ring is 1. The third kappa shape index (κ3) is 4.05. The van der Waals surface area contributed by atoms with Crippen molar-refractivity contribution in [3.63, 3.8) is 0 Å². The molecule has 0 saturated heterocycles. The van der Waals surface area contributed by atoms with Crippen molar-refractivity contribution in [1.82, 2.24) is 9.97 Å². The minimum atomic E-state index is -4.39. The van der Waals surface area contributed by atoms with Crippen LogP contribution in [0.25, 0.3) is 11.1 Å². The van der Waals surface area contributed by atoms with Crippen LogP contribution in [-0.2, 0) is 6.18 Å². The maximum Gasteiger partial charge on any atom is 0.416 e. The molecule has 2 aromatic carbocycles. The Hall–Kier alpha value is -3.42. The average molecular weight is 372 g/mol. The molecule has 0 unspecified atom stereocenters. The number of nitrogens with one attached hydrogen (secondary N) is 1. The van der Waals surface area contributed by atoms with E-state index in [4.69, 9.17) is 5.73 Å². The molecule has 0 aliphatic rings. The van der Waals surface area contributed by atoms with Crippen LogP contribution in [0.3, 0.4) is 0 Å². The van der Waals surface area contributed by atoms with E-state index in [9.17, 15) is 18.0 Å². The van der Waals surface area contributed by atoms with E-state index in [1.54, 1.807) is 25.1 Å². The fourth-order valence-electron chi connectivity index (χ4n) is 2.63. The van der Waals surface area contributed by atoms with E-state index in [-0.39, 0.29) is 11.9 Å². The van der Waals surface area contributed by atoms with Crippen molar-refractivity contribution in [3.8, 4) is 11.1 Å². The molecule has 0 aliphatic heterocycles. The summed E-state index contributed by atoms with van der Waals surface area (Å²) in [7, 11) is 0. The third-order valence-electron chi connectivity index (χ3n) is 4.03. The van der Waals surface area contributed by atoms with Crippen LogP contribution in [0, 0.1) is 6.92 Å². The van der Waals surface area contributed by atoms with Crippen molar-refractivity contribution in [2.24, 2.45) is 0 Å². The maximum absolute atomic E-state index is 12.7. The zero-order valence-corrected chi connectivity index (χ0v) is 14.2. The number of hydrogen-bond acceptors (Lipinski definition) is 4. The lowest BCUT2D eigenvalue weighted by molar-refractivity contribution is -0.137. The second kappa shape index (κ2) is 7.06. The van der Waals surface area contributed by atoms with Crippen LogP contribution >= 0.6 is 0 Å². The van der Waals surface area contributed by atoms with Crippen LogP contribution in [0.1, 0.15) is 21.5 Å². The van der Waals surface area contributed by atoms with Gasteiger partial charge in [-0.05, 0) is 41.8 Å². The summed E-state index contributed by atoms with van der Waals surface area (Å²) in [4.78, 5) is 20.1. The molecule has 8 heteroatoms. The SMILES string of the molecule is Cc1c(C(=O)Nc2cnc(N)nc2)cccc1-c1ccc(C(F)(F)F)cc1. The molecule has 0 aliphatic carbocycles. The second-order valence-electron chi connectivity index (χ2n) is 5.84. The fourth-order valence-corrected chi connectivity index (χ4v) is 2.63. The molecule has 5 nitrogen and oxygen atoms in total. The van der Waals surface area contributed by atoms with E-state index < -0.39 is 11.7 Å². The van der Waals surface area contributed by atoms with Gasteiger partial charge in [0.2, 0.25) is 5.95 Å². The first-order valence-corrected chi connectivity index (χ1v) is 7.92. The van der Waals surface area contributed by atoms with Gasteiger partial charge in [0.25, 0.3) is 5.91 Å². The average Bonchev–Trinajstić information content (AvgIpc) is 2.63. The number of halogens is 3. The number of nitrogens with zero attached hydrogens (tertiary/aromatic N) is 2. The lowest BCUT2D eigenvalue weighted by Crippen LogP contribution is -2.14. The van der Waals surface area contributed by atoms with Crippen molar-refractivity contribution in [2.45, 2.75) is 13.1 Å². The number of alkyl halides is 3. The Balaban J connectivity index is 1.89. The molecule has 138 valence electrons. The van der Waals surface area contributed by atoms with Crippen LogP contribution in [0.2, 0.25) is 0 Å². The molecule has 3 rings (SSSR count). The fraction of sp³-hybridized carbons (Fsp3) is 0.105. The van der Waals surface area contributed by atoms with Crippen LogP contribution in [0.4, 0.5) is 24.8 Å². The number of rotatable bonds is 3. The Morgan fingerprint density at radius 2 is 1.67 bits per heavy atom. The van der Waals surface area contributed by atoms with E-state index >= 15 is 0 Å². The van der Waals surface area contributed by atoms with Crippen molar-refractivity contribution in [1.29, 1.82) is 0 Å².